The minimum Gasteiger partial charge on any atom is -0.356 e. The van der Waals surface area contributed by atoms with E-state index in [-0.39, 0.29) is 5.91 Å². The molecule has 0 aliphatic heterocycles. The zero-order valence-corrected chi connectivity index (χ0v) is 17.7. The number of aryl methyl sites for hydroxylation is 3. The molecule has 4 rings (SSSR count). The van der Waals surface area contributed by atoms with Gasteiger partial charge in [-0.3, -0.25) is 14.5 Å². The Balaban J connectivity index is 1.26. The summed E-state index contributed by atoms with van der Waals surface area (Å²) in [5.74, 6) is 1.86. The normalized spacial score (nSPS) is 19.0. The molecule has 1 amide bonds. The molecule has 0 bridgehead atoms. The Bertz CT molecular complexity index is 971. The van der Waals surface area contributed by atoms with E-state index in [2.05, 4.69) is 15.5 Å². The number of carbonyl (C=O) groups is 1. The van der Waals surface area contributed by atoms with Crippen molar-refractivity contribution in [2.75, 3.05) is 6.54 Å². The molecule has 0 aromatic carbocycles. The third-order valence-corrected chi connectivity index (χ3v) is 5.94. The molecule has 158 valence electrons. The quantitative estimate of drug-likeness (QED) is 0.644. The number of hydrogen-bond acceptors (Lipinski definition) is 5. The van der Waals surface area contributed by atoms with Crippen LogP contribution in [0.1, 0.15) is 55.0 Å². The van der Waals surface area contributed by atoms with Crippen molar-refractivity contribution in [2.24, 2.45) is 13.0 Å². The minimum absolute atomic E-state index is 0.119. The number of pyridine rings is 1. The maximum Gasteiger partial charge on any atom is 0.220 e. The van der Waals surface area contributed by atoms with Crippen LogP contribution in [0.15, 0.2) is 41.3 Å². The lowest BCUT2D eigenvalue weighted by Gasteiger charge is -2.28. The Kier molecular flexibility index (Phi) is 6.26. The van der Waals surface area contributed by atoms with Crippen molar-refractivity contribution >= 4 is 5.91 Å². The zero-order chi connectivity index (χ0) is 20.9. The molecule has 0 unspecified atom stereocenters. The van der Waals surface area contributed by atoms with Gasteiger partial charge in [-0.15, -0.1) is 0 Å². The number of carbonyl (C=O) groups excluding carboxylic acids is 1. The highest BCUT2D eigenvalue weighted by Gasteiger charge is 2.27. The number of aromatic nitrogens is 4. The molecule has 7 nitrogen and oxygen atoms in total. The molecule has 0 spiro atoms. The van der Waals surface area contributed by atoms with E-state index in [4.69, 9.17) is 9.62 Å². The molecule has 3 heterocycles. The summed E-state index contributed by atoms with van der Waals surface area (Å²) in [4.78, 5) is 16.3. The van der Waals surface area contributed by atoms with Crippen LogP contribution in [0.25, 0.3) is 11.3 Å². The number of amides is 1. The van der Waals surface area contributed by atoms with Crippen LogP contribution in [0.3, 0.4) is 0 Å². The van der Waals surface area contributed by atoms with Gasteiger partial charge in [0.05, 0.1) is 17.0 Å². The first-order chi connectivity index (χ1) is 14.6. The summed E-state index contributed by atoms with van der Waals surface area (Å²) in [6, 6.07) is 5.88. The molecule has 1 N–H and O–H groups in total. The van der Waals surface area contributed by atoms with E-state index in [0.29, 0.717) is 18.3 Å². The number of nitrogens with zero attached hydrogens (tertiary/aromatic N) is 4. The van der Waals surface area contributed by atoms with E-state index in [9.17, 15) is 4.79 Å². The van der Waals surface area contributed by atoms with E-state index in [1.807, 2.05) is 49.2 Å². The van der Waals surface area contributed by atoms with Gasteiger partial charge >= 0.3 is 0 Å². The second kappa shape index (κ2) is 9.24. The average molecular weight is 408 g/mol. The summed E-state index contributed by atoms with van der Waals surface area (Å²) < 4.78 is 7.34. The van der Waals surface area contributed by atoms with Gasteiger partial charge in [0.25, 0.3) is 0 Å². The van der Waals surface area contributed by atoms with Crippen LogP contribution in [0.5, 0.6) is 0 Å². The lowest BCUT2D eigenvalue weighted by molar-refractivity contribution is -0.121. The highest BCUT2D eigenvalue weighted by molar-refractivity contribution is 5.76. The predicted molar refractivity (Wildman–Crippen MR) is 114 cm³/mol. The van der Waals surface area contributed by atoms with E-state index in [1.54, 1.807) is 6.20 Å². The third kappa shape index (κ3) is 4.96. The van der Waals surface area contributed by atoms with Crippen molar-refractivity contribution < 1.29 is 9.32 Å². The van der Waals surface area contributed by atoms with E-state index >= 15 is 0 Å². The largest absolute Gasteiger partial charge is 0.356 e. The molecule has 1 saturated carbocycles. The van der Waals surface area contributed by atoms with Gasteiger partial charge in [-0.1, -0.05) is 11.2 Å². The maximum atomic E-state index is 12.2. The van der Waals surface area contributed by atoms with E-state index in [1.165, 1.54) is 0 Å². The summed E-state index contributed by atoms with van der Waals surface area (Å²) in [5.41, 5.74) is 4.13. The highest BCUT2D eigenvalue weighted by Crippen LogP contribution is 2.39. The molecule has 0 saturated heterocycles. The van der Waals surface area contributed by atoms with Crippen molar-refractivity contribution in [1.82, 2.24) is 25.2 Å². The summed E-state index contributed by atoms with van der Waals surface area (Å²) >= 11 is 0. The van der Waals surface area contributed by atoms with E-state index in [0.717, 1.165) is 66.9 Å². The van der Waals surface area contributed by atoms with Gasteiger partial charge in [0.2, 0.25) is 5.91 Å². The first kappa shape index (κ1) is 20.3. The van der Waals surface area contributed by atoms with Crippen LogP contribution in [-0.4, -0.2) is 32.4 Å². The number of rotatable bonds is 7. The Hall–Kier alpha value is -2.96. The highest BCUT2D eigenvalue weighted by atomic mass is 16.5. The molecule has 30 heavy (non-hydrogen) atoms. The van der Waals surface area contributed by atoms with Gasteiger partial charge in [0.1, 0.15) is 0 Å². The number of nitrogens with one attached hydrogen (secondary N) is 1. The summed E-state index contributed by atoms with van der Waals surface area (Å²) in [6.07, 6.45) is 11.2. The fourth-order valence-electron chi connectivity index (χ4n) is 4.28. The Morgan fingerprint density at radius 3 is 2.83 bits per heavy atom. The fraction of sp³-hybridized carbons (Fsp3) is 0.478. The average Bonchev–Trinajstić information content (AvgIpc) is 3.37. The third-order valence-electron chi connectivity index (χ3n) is 5.94. The molecule has 3 aromatic heterocycles. The monoisotopic (exact) mass is 407 g/mol. The van der Waals surface area contributed by atoms with Gasteiger partial charge in [-0.2, -0.15) is 5.10 Å². The van der Waals surface area contributed by atoms with Crippen molar-refractivity contribution in [2.45, 2.75) is 51.4 Å². The van der Waals surface area contributed by atoms with Gasteiger partial charge in [0, 0.05) is 50.6 Å². The smallest absolute Gasteiger partial charge is 0.220 e. The van der Waals surface area contributed by atoms with Crippen LogP contribution >= 0.6 is 0 Å². The van der Waals surface area contributed by atoms with Crippen LogP contribution < -0.4 is 5.32 Å². The zero-order valence-electron chi connectivity index (χ0n) is 17.7. The molecule has 1 aliphatic carbocycles. The predicted octanol–water partition coefficient (Wildman–Crippen LogP) is 3.80. The molecule has 7 heteroatoms. The first-order valence-corrected chi connectivity index (χ1v) is 10.7. The fourth-order valence-corrected chi connectivity index (χ4v) is 4.28. The molecule has 0 radical (unpaired) electrons. The van der Waals surface area contributed by atoms with Crippen molar-refractivity contribution in [3.63, 3.8) is 0 Å². The molecule has 1 fully saturated rings. The van der Waals surface area contributed by atoms with Crippen molar-refractivity contribution in [1.29, 1.82) is 0 Å². The molecule has 3 aromatic rings. The number of hydrogen-bond donors (Lipinski definition) is 1. The first-order valence-electron chi connectivity index (χ1n) is 10.7. The van der Waals surface area contributed by atoms with Gasteiger partial charge < -0.3 is 9.84 Å². The molecule has 1 aliphatic rings. The second-order valence-electron chi connectivity index (χ2n) is 8.32. The second-order valence-corrected chi connectivity index (χ2v) is 8.32. The Morgan fingerprint density at radius 1 is 1.30 bits per heavy atom. The van der Waals surface area contributed by atoms with Gasteiger partial charge in [0.15, 0.2) is 5.76 Å². The van der Waals surface area contributed by atoms with Crippen molar-refractivity contribution in [3.05, 3.63) is 53.7 Å². The van der Waals surface area contributed by atoms with Crippen LogP contribution in [0, 0.1) is 12.8 Å². The van der Waals surface area contributed by atoms with Gasteiger partial charge in [-0.05, 0) is 56.6 Å². The maximum absolute atomic E-state index is 12.2. The Morgan fingerprint density at radius 2 is 2.13 bits per heavy atom. The molecular weight excluding hydrogens is 378 g/mol. The lowest BCUT2D eigenvalue weighted by Crippen LogP contribution is -2.31. The SMILES string of the molecule is Cc1cc(-c2cn(C)nc2C2CCC(CNC(=O)CCc3cccnc3)CC2)on1. The van der Waals surface area contributed by atoms with Gasteiger partial charge in [-0.25, -0.2) is 0 Å². The van der Waals surface area contributed by atoms with Crippen LogP contribution in [-0.2, 0) is 18.3 Å². The summed E-state index contributed by atoms with van der Waals surface area (Å²) in [6.45, 7) is 2.69. The van der Waals surface area contributed by atoms with E-state index < -0.39 is 0 Å². The molecule has 0 atom stereocenters. The lowest BCUT2D eigenvalue weighted by atomic mass is 9.79. The topological polar surface area (TPSA) is 85.8 Å². The standard InChI is InChI=1S/C23H29N5O2/c1-16-12-21(30-27-16)20-15-28(2)26-23(20)19-8-5-18(6-9-19)14-25-22(29)10-7-17-4-3-11-24-13-17/h3-4,11-13,15,18-19H,5-10,14H2,1-2H3,(H,25,29). The van der Waals surface area contributed by atoms with Crippen molar-refractivity contribution in [3.8, 4) is 11.3 Å². The minimum atomic E-state index is 0.119. The van der Waals surface area contributed by atoms with Crippen LogP contribution in [0.4, 0.5) is 0 Å². The Labute approximate surface area is 176 Å². The van der Waals surface area contributed by atoms with Crippen LogP contribution in [0.2, 0.25) is 0 Å². The summed E-state index contributed by atoms with van der Waals surface area (Å²) in [7, 11) is 1.95. The molecular formula is C23H29N5O2. The summed E-state index contributed by atoms with van der Waals surface area (Å²) in [5, 5.41) is 11.9.